The summed E-state index contributed by atoms with van der Waals surface area (Å²) in [6, 6.07) is 6.53. The third-order valence-electron chi connectivity index (χ3n) is 6.63. The number of likely N-dealkylation sites (tertiary alicyclic amines) is 1. The lowest BCUT2D eigenvalue weighted by atomic mass is 9.70. The van der Waals surface area contributed by atoms with Crippen molar-refractivity contribution in [3.63, 3.8) is 0 Å². The van der Waals surface area contributed by atoms with Crippen LogP contribution < -0.4 is 9.47 Å². The maximum atomic E-state index is 10.2. The van der Waals surface area contributed by atoms with Crippen LogP contribution in [0.15, 0.2) is 30.0 Å². The van der Waals surface area contributed by atoms with Crippen molar-refractivity contribution in [3.8, 4) is 11.5 Å². The molecule has 0 spiro atoms. The standard InChI is InChI=1S/C23H33NO3/c1-3-26-20-10-9-17(15-21(20)27-19-7-5-4-6-8-19)23-12-11-18(25)16-22(23)24(2)14-13-23/h9-10,15-16,18-19,25H,3-8,11-14H2,1-2H3/t18-,23+/m1/s1. The summed E-state index contributed by atoms with van der Waals surface area (Å²) < 4.78 is 12.3. The number of rotatable bonds is 5. The molecule has 4 rings (SSSR count). The highest BCUT2D eigenvalue weighted by molar-refractivity contribution is 5.49. The molecule has 1 heterocycles. The van der Waals surface area contributed by atoms with E-state index in [1.807, 2.05) is 6.92 Å². The number of benzene rings is 1. The molecule has 2 atom stereocenters. The second-order valence-corrected chi connectivity index (χ2v) is 8.38. The molecule has 1 N–H and O–H groups in total. The second-order valence-electron chi connectivity index (χ2n) is 8.38. The van der Waals surface area contributed by atoms with Crippen molar-refractivity contribution in [2.75, 3.05) is 20.2 Å². The van der Waals surface area contributed by atoms with Crippen molar-refractivity contribution in [2.45, 2.75) is 75.9 Å². The summed E-state index contributed by atoms with van der Waals surface area (Å²) in [5, 5.41) is 10.2. The molecule has 0 bridgehead atoms. The number of hydrogen-bond acceptors (Lipinski definition) is 4. The van der Waals surface area contributed by atoms with Gasteiger partial charge in [-0.2, -0.15) is 0 Å². The smallest absolute Gasteiger partial charge is 0.161 e. The molecule has 0 unspecified atom stereocenters. The van der Waals surface area contributed by atoms with Crippen molar-refractivity contribution in [1.29, 1.82) is 0 Å². The molecular formula is C23H33NO3. The van der Waals surface area contributed by atoms with Crippen LogP contribution in [0.4, 0.5) is 0 Å². The van der Waals surface area contributed by atoms with Crippen LogP contribution >= 0.6 is 0 Å². The Labute approximate surface area is 163 Å². The molecule has 3 aliphatic rings. The van der Waals surface area contributed by atoms with E-state index in [1.54, 1.807) is 0 Å². The van der Waals surface area contributed by atoms with Crippen molar-refractivity contribution in [3.05, 3.63) is 35.5 Å². The number of aliphatic hydroxyl groups is 1. The third kappa shape index (κ3) is 3.56. The Balaban J connectivity index is 1.68. The molecule has 1 saturated carbocycles. The van der Waals surface area contributed by atoms with Gasteiger partial charge in [0.05, 0.1) is 18.8 Å². The SMILES string of the molecule is CCOc1ccc([C@@]23CC[C@@H](O)C=C2N(C)CC3)cc1OC1CCCCC1. The summed E-state index contributed by atoms with van der Waals surface area (Å²) in [6.07, 6.45) is 11.1. The van der Waals surface area contributed by atoms with Crippen LogP contribution in [0.25, 0.3) is 0 Å². The monoisotopic (exact) mass is 371 g/mol. The Morgan fingerprint density at radius 1 is 1.11 bits per heavy atom. The van der Waals surface area contributed by atoms with Crippen molar-refractivity contribution in [1.82, 2.24) is 4.90 Å². The molecule has 1 aromatic rings. The average molecular weight is 372 g/mol. The number of hydrogen-bond donors (Lipinski definition) is 1. The van der Waals surface area contributed by atoms with Crippen molar-refractivity contribution in [2.24, 2.45) is 0 Å². The van der Waals surface area contributed by atoms with Gasteiger partial charge in [0.15, 0.2) is 11.5 Å². The Morgan fingerprint density at radius 3 is 2.70 bits per heavy atom. The van der Waals surface area contributed by atoms with Crippen LogP contribution in [0.5, 0.6) is 11.5 Å². The van der Waals surface area contributed by atoms with E-state index in [0.717, 1.165) is 50.1 Å². The minimum atomic E-state index is -0.325. The highest BCUT2D eigenvalue weighted by Crippen LogP contribution is 2.50. The van der Waals surface area contributed by atoms with Gasteiger partial charge in [-0.25, -0.2) is 0 Å². The largest absolute Gasteiger partial charge is 0.490 e. The van der Waals surface area contributed by atoms with Gasteiger partial charge in [0.1, 0.15) is 0 Å². The van der Waals surface area contributed by atoms with E-state index >= 15 is 0 Å². The Kier molecular flexibility index (Phi) is 5.36. The van der Waals surface area contributed by atoms with Crippen molar-refractivity contribution >= 4 is 0 Å². The van der Waals surface area contributed by atoms with E-state index in [4.69, 9.17) is 9.47 Å². The maximum absolute atomic E-state index is 10.2. The number of fused-ring (bicyclic) bond motifs is 1. The lowest BCUT2D eigenvalue weighted by Crippen LogP contribution is -2.33. The lowest BCUT2D eigenvalue weighted by molar-refractivity contribution is 0.147. The van der Waals surface area contributed by atoms with Gasteiger partial charge in [0.25, 0.3) is 0 Å². The number of ether oxygens (including phenoxy) is 2. The van der Waals surface area contributed by atoms with Gasteiger partial charge in [0.2, 0.25) is 0 Å². The van der Waals surface area contributed by atoms with E-state index in [2.05, 4.69) is 36.2 Å². The average Bonchev–Trinajstić information content (AvgIpc) is 3.02. The van der Waals surface area contributed by atoms with Gasteiger partial charge in [0, 0.05) is 24.7 Å². The predicted octanol–water partition coefficient (Wildman–Crippen LogP) is 4.41. The summed E-state index contributed by atoms with van der Waals surface area (Å²) >= 11 is 0. The van der Waals surface area contributed by atoms with Gasteiger partial charge in [-0.1, -0.05) is 12.5 Å². The van der Waals surface area contributed by atoms with Crippen LogP contribution in [-0.4, -0.2) is 42.4 Å². The van der Waals surface area contributed by atoms with Crippen LogP contribution in [0, 0.1) is 0 Å². The molecule has 0 aromatic heterocycles. The lowest BCUT2D eigenvalue weighted by Gasteiger charge is -2.37. The number of nitrogens with zero attached hydrogens (tertiary/aromatic N) is 1. The Morgan fingerprint density at radius 2 is 1.93 bits per heavy atom. The molecule has 0 radical (unpaired) electrons. The van der Waals surface area contributed by atoms with E-state index in [1.165, 1.54) is 30.5 Å². The quantitative estimate of drug-likeness (QED) is 0.832. The first-order chi connectivity index (χ1) is 13.1. The van der Waals surface area contributed by atoms with E-state index in [-0.39, 0.29) is 11.5 Å². The fourth-order valence-electron chi connectivity index (χ4n) is 5.14. The fraction of sp³-hybridized carbons (Fsp3) is 0.652. The first-order valence-corrected chi connectivity index (χ1v) is 10.7. The van der Waals surface area contributed by atoms with E-state index in [0.29, 0.717) is 12.7 Å². The molecule has 1 saturated heterocycles. The molecule has 27 heavy (non-hydrogen) atoms. The number of allylic oxidation sites excluding steroid dienone is 1. The summed E-state index contributed by atoms with van der Waals surface area (Å²) in [4.78, 5) is 2.31. The molecular weight excluding hydrogens is 338 g/mol. The Bertz CT molecular complexity index is 695. The Hall–Kier alpha value is -1.68. The van der Waals surface area contributed by atoms with Crippen LogP contribution in [0.1, 0.15) is 63.9 Å². The van der Waals surface area contributed by atoms with Crippen LogP contribution in [-0.2, 0) is 5.41 Å². The first kappa shape index (κ1) is 18.7. The number of aliphatic hydroxyl groups excluding tert-OH is 1. The van der Waals surface area contributed by atoms with E-state index < -0.39 is 0 Å². The molecule has 4 nitrogen and oxygen atoms in total. The zero-order valence-corrected chi connectivity index (χ0v) is 16.7. The maximum Gasteiger partial charge on any atom is 0.161 e. The molecule has 1 aliphatic heterocycles. The summed E-state index contributed by atoms with van der Waals surface area (Å²) in [7, 11) is 2.14. The summed E-state index contributed by atoms with van der Waals surface area (Å²) in [5.41, 5.74) is 2.58. The van der Waals surface area contributed by atoms with Gasteiger partial charge in [-0.15, -0.1) is 0 Å². The minimum absolute atomic E-state index is 0.00337. The first-order valence-electron chi connectivity index (χ1n) is 10.7. The second kappa shape index (κ2) is 7.75. The van der Waals surface area contributed by atoms with Gasteiger partial charge < -0.3 is 19.5 Å². The number of likely N-dealkylation sites (N-methyl/N-ethyl adjacent to an activating group) is 1. The summed E-state index contributed by atoms with van der Waals surface area (Å²) in [6.45, 7) is 3.70. The van der Waals surface area contributed by atoms with Gasteiger partial charge in [-0.05, 0) is 75.6 Å². The molecule has 1 aromatic carbocycles. The molecule has 0 amide bonds. The highest BCUT2D eigenvalue weighted by Gasteiger charge is 2.45. The summed E-state index contributed by atoms with van der Waals surface area (Å²) in [5.74, 6) is 1.76. The highest BCUT2D eigenvalue weighted by atomic mass is 16.5. The van der Waals surface area contributed by atoms with E-state index in [9.17, 15) is 5.11 Å². The van der Waals surface area contributed by atoms with Crippen LogP contribution in [0.3, 0.4) is 0 Å². The third-order valence-corrected chi connectivity index (χ3v) is 6.63. The predicted molar refractivity (Wildman–Crippen MR) is 107 cm³/mol. The normalized spacial score (nSPS) is 28.6. The van der Waals surface area contributed by atoms with Crippen molar-refractivity contribution < 1.29 is 14.6 Å². The van der Waals surface area contributed by atoms with Crippen LogP contribution in [0.2, 0.25) is 0 Å². The van der Waals surface area contributed by atoms with Gasteiger partial charge >= 0.3 is 0 Å². The zero-order valence-electron chi connectivity index (χ0n) is 16.7. The zero-order chi connectivity index (χ0) is 18.9. The molecule has 2 fully saturated rings. The molecule has 4 heteroatoms. The van der Waals surface area contributed by atoms with Gasteiger partial charge in [-0.3, -0.25) is 0 Å². The molecule has 2 aliphatic carbocycles. The topological polar surface area (TPSA) is 41.9 Å². The fourth-order valence-corrected chi connectivity index (χ4v) is 5.14. The molecule has 148 valence electrons. The minimum Gasteiger partial charge on any atom is -0.490 e.